The molecule has 0 bridgehead atoms. The van der Waals surface area contributed by atoms with Crippen molar-refractivity contribution in [1.29, 1.82) is 0 Å². The van der Waals surface area contributed by atoms with Gasteiger partial charge in [-0.2, -0.15) is 0 Å². The summed E-state index contributed by atoms with van der Waals surface area (Å²) in [6.45, 7) is 6.37. The average Bonchev–Trinajstić information content (AvgIpc) is 2.51. The predicted octanol–water partition coefficient (Wildman–Crippen LogP) is 3.98. The van der Waals surface area contributed by atoms with E-state index in [4.69, 9.17) is 4.74 Å². The van der Waals surface area contributed by atoms with E-state index in [1.54, 1.807) is 18.2 Å². The van der Waals surface area contributed by atoms with Gasteiger partial charge in [0.15, 0.2) is 0 Å². The summed E-state index contributed by atoms with van der Waals surface area (Å²) in [6.07, 6.45) is 0. The number of nitrogens with one attached hydrogen (secondary N) is 2. The molecular formula is C18H22N2O3. The van der Waals surface area contributed by atoms with Crippen molar-refractivity contribution in [3.8, 4) is 11.5 Å². The van der Waals surface area contributed by atoms with E-state index in [-0.39, 0.29) is 17.8 Å². The Labute approximate surface area is 136 Å². The molecule has 122 valence electrons. The van der Waals surface area contributed by atoms with Crippen LogP contribution in [0, 0.1) is 6.92 Å². The molecule has 23 heavy (non-hydrogen) atoms. The van der Waals surface area contributed by atoms with E-state index in [0.29, 0.717) is 12.3 Å². The topological polar surface area (TPSA) is 70.6 Å². The molecule has 0 saturated heterocycles. The zero-order valence-electron chi connectivity index (χ0n) is 13.6. The normalized spacial score (nSPS) is 11.6. The van der Waals surface area contributed by atoms with Gasteiger partial charge in [-0.3, -0.25) is 0 Å². The van der Waals surface area contributed by atoms with Crippen LogP contribution in [0.15, 0.2) is 42.5 Å². The summed E-state index contributed by atoms with van der Waals surface area (Å²) in [4.78, 5) is 12.1. The van der Waals surface area contributed by atoms with Crippen LogP contribution in [0.4, 0.5) is 10.5 Å². The number of aromatic hydroxyl groups is 1. The first kappa shape index (κ1) is 16.7. The van der Waals surface area contributed by atoms with Crippen LogP contribution in [0.5, 0.6) is 11.5 Å². The number of phenolic OH excluding ortho intramolecular Hbond substituents is 1. The Kier molecular flexibility index (Phi) is 5.46. The fraction of sp³-hybridized carbons (Fsp3) is 0.278. The molecule has 0 aromatic heterocycles. The number of para-hydroxylation sites is 2. The lowest BCUT2D eigenvalue weighted by atomic mass is 10.0. The first-order chi connectivity index (χ1) is 11.0. The number of ether oxygens (including phenoxy) is 1. The number of aryl methyl sites for hydroxylation is 1. The molecule has 0 radical (unpaired) electrons. The van der Waals surface area contributed by atoms with Crippen LogP contribution >= 0.6 is 0 Å². The van der Waals surface area contributed by atoms with E-state index in [0.717, 1.165) is 16.9 Å². The number of carbonyl (C=O) groups excluding carboxylic acids is 1. The minimum absolute atomic E-state index is 0.0286. The standard InChI is InChI=1S/C18H22N2O3/c1-4-23-17-10-9-12(2)11-14(17)13(3)19-18(22)20-15-7-5-6-8-16(15)21/h5-11,13,21H,4H2,1-3H3,(H2,19,20,22). The highest BCUT2D eigenvalue weighted by atomic mass is 16.5. The molecule has 5 heteroatoms. The zero-order valence-corrected chi connectivity index (χ0v) is 13.6. The van der Waals surface area contributed by atoms with Crippen molar-refractivity contribution >= 4 is 11.7 Å². The number of hydrogen-bond donors (Lipinski definition) is 3. The second-order valence-electron chi connectivity index (χ2n) is 5.31. The minimum atomic E-state index is -0.386. The summed E-state index contributed by atoms with van der Waals surface area (Å²) < 4.78 is 5.62. The third kappa shape index (κ3) is 4.39. The van der Waals surface area contributed by atoms with Gasteiger partial charge in [0, 0.05) is 5.56 Å². The number of carbonyl (C=O) groups is 1. The predicted molar refractivity (Wildman–Crippen MR) is 91.0 cm³/mol. The molecule has 2 rings (SSSR count). The van der Waals surface area contributed by atoms with Gasteiger partial charge in [-0.25, -0.2) is 4.79 Å². The summed E-state index contributed by atoms with van der Waals surface area (Å²) in [5.41, 5.74) is 2.38. The van der Waals surface area contributed by atoms with Crippen LogP contribution in [0.1, 0.15) is 31.0 Å². The molecule has 5 nitrogen and oxygen atoms in total. The number of benzene rings is 2. The molecule has 3 N–H and O–H groups in total. The highest BCUT2D eigenvalue weighted by Crippen LogP contribution is 2.27. The molecule has 0 fully saturated rings. The van der Waals surface area contributed by atoms with Gasteiger partial charge >= 0.3 is 6.03 Å². The Morgan fingerprint density at radius 3 is 2.70 bits per heavy atom. The van der Waals surface area contributed by atoms with Crippen molar-refractivity contribution in [2.24, 2.45) is 0 Å². The lowest BCUT2D eigenvalue weighted by Crippen LogP contribution is -2.31. The Morgan fingerprint density at radius 1 is 1.26 bits per heavy atom. The van der Waals surface area contributed by atoms with Crippen LogP contribution in [0.3, 0.4) is 0 Å². The summed E-state index contributed by atoms with van der Waals surface area (Å²) in [5, 5.41) is 15.2. The summed E-state index contributed by atoms with van der Waals surface area (Å²) in [7, 11) is 0. The van der Waals surface area contributed by atoms with Crippen molar-refractivity contribution in [3.05, 3.63) is 53.6 Å². The highest BCUT2D eigenvalue weighted by Gasteiger charge is 2.15. The number of urea groups is 1. The van der Waals surface area contributed by atoms with Gasteiger partial charge in [0.1, 0.15) is 11.5 Å². The maximum Gasteiger partial charge on any atom is 0.319 e. The largest absolute Gasteiger partial charge is 0.506 e. The van der Waals surface area contributed by atoms with E-state index in [1.165, 1.54) is 6.07 Å². The molecular weight excluding hydrogens is 292 g/mol. The molecule has 0 aliphatic rings. The van der Waals surface area contributed by atoms with Crippen LogP contribution in [0.2, 0.25) is 0 Å². The van der Waals surface area contributed by atoms with E-state index in [9.17, 15) is 9.90 Å². The molecule has 2 aromatic carbocycles. The zero-order chi connectivity index (χ0) is 16.8. The lowest BCUT2D eigenvalue weighted by molar-refractivity contribution is 0.249. The van der Waals surface area contributed by atoms with Crippen LogP contribution < -0.4 is 15.4 Å². The average molecular weight is 314 g/mol. The Morgan fingerprint density at radius 2 is 2.00 bits per heavy atom. The van der Waals surface area contributed by atoms with Gasteiger partial charge in [-0.15, -0.1) is 0 Å². The van der Waals surface area contributed by atoms with Crippen LogP contribution in [-0.4, -0.2) is 17.7 Å². The molecule has 2 amide bonds. The van der Waals surface area contributed by atoms with Gasteiger partial charge in [-0.1, -0.05) is 29.8 Å². The van der Waals surface area contributed by atoms with E-state index < -0.39 is 0 Å². The molecule has 0 spiro atoms. The minimum Gasteiger partial charge on any atom is -0.506 e. The van der Waals surface area contributed by atoms with Crippen LogP contribution in [0.25, 0.3) is 0 Å². The first-order valence-electron chi connectivity index (χ1n) is 7.60. The maximum absolute atomic E-state index is 12.1. The number of rotatable bonds is 5. The molecule has 0 aliphatic heterocycles. The molecule has 2 aromatic rings. The number of hydrogen-bond acceptors (Lipinski definition) is 3. The van der Waals surface area contributed by atoms with Gasteiger partial charge < -0.3 is 20.5 Å². The highest BCUT2D eigenvalue weighted by molar-refractivity contribution is 5.91. The molecule has 0 heterocycles. The van der Waals surface area contributed by atoms with Crippen molar-refractivity contribution < 1.29 is 14.6 Å². The summed E-state index contributed by atoms with van der Waals surface area (Å²) >= 11 is 0. The summed E-state index contributed by atoms with van der Waals surface area (Å²) in [5.74, 6) is 0.786. The molecule has 0 aliphatic carbocycles. The van der Waals surface area contributed by atoms with Crippen molar-refractivity contribution in [3.63, 3.8) is 0 Å². The monoisotopic (exact) mass is 314 g/mol. The number of anilines is 1. The van der Waals surface area contributed by atoms with Crippen molar-refractivity contribution in [2.45, 2.75) is 26.8 Å². The maximum atomic E-state index is 12.1. The van der Waals surface area contributed by atoms with Gasteiger partial charge in [0.2, 0.25) is 0 Å². The summed E-state index contributed by atoms with van der Waals surface area (Å²) in [6, 6.07) is 11.9. The Bertz CT molecular complexity index is 686. The molecule has 1 atom stereocenters. The van der Waals surface area contributed by atoms with E-state index >= 15 is 0 Å². The fourth-order valence-electron chi connectivity index (χ4n) is 2.31. The van der Waals surface area contributed by atoms with Crippen molar-refractivity contribution in [2.75, 3.05) is 11.9 Å². The lowest BCUT2D eigenvalue weighted by Gasteiger charge is -2.19. The second-order valence-corrected chi connectivity index (χ2v) is 5.31. The van der Waals surface area contributed by atoms with Gasteiger partial charge in [0.05, 0.1) is 18.3 Å². The van der Waals surface area contributed by atoms with E-state index in [1.807, 2.05) is 39.0 Å². The first-order valence-corrected chi connectivity index (χ1v) is 7.60. The van der Waals surface area contributed by atoms with Gasteiger partial charge in [0.25, 0.3) is 0 Å². The van der Waals surface area contributed by atoms with E-state index in [2.05, 4.69) is 10.6 Å². The second kappa shape index (κ2) is 7.54. The third-order valence-electron chi connectivity index (χ3n) is 3.43. The smallest absolute Gasteiger partial charge is 0.319 e. The number of amides is 2. The molecule has 0 saturated carbocycles. The molecule has 1 unspecified atom stereocenters. The van der Waals surface area contributed by atoms with Crippen molar-refractivity contribution in [1.82, 2.24) is 5.32 Å². The number of phenols is 1. The Hall–Kier alpha value is -2.69. The Balaban J connectivity index is 2.09. The quantitative estimate of drug-likeness (QED) is 0.731. The van der Waals surface area contributed by atoms with Gasteiger partial charge in [-0.05, 0) is 39.0 Å². The third-order valence-corrected chi connectivity index (χ3v) is 3.43. The fourth-order valence-corrected chi connectivity index (χ4v) is 2.31. The van der Waals surface area contributed by atoms with Crippen LogP contribution in [-0.2, 0) is 0 Å². The SMILES string of the molecule is CCOc1ccc(C)cc1C(C)NC(=O)Nc1ccccc1O.